The minimum Gasteiger partial charge on any atom is -0.497 e. The fourth-order valence-corrected chi connectivity index (χ4v) is 4.09. The summed E-state index contributed by atoms with van der Waals surface area (Å²) in [5.41, 5.74) is 2.74. The zero-order chi connectivity index (χ0) is 21.8. The van der Waals surface area contributed by atoms with Crippen molar-refractivity contribution in [3.63, 3.8) is 0 Å². The van der Waals surface area contributed by atoms with Crippen molar-refractivity contribution in [2.45, 2.75) is 17.5 Å². The van der Waals surface area contributed by atoms with Gasteiger partial charge in [-0.15, -0.1) is 10.2 Å². The molecule has 3 heterocycles. The molecule has 0 bridgehead atoms. The summed E-state index contributed by atoms with van der Waals surface area (Å²) in [6, 6.07) is 21.4. The number of hydrogen-bond donors (Lipinski definition) is 0. The van der Waals surface area contributed by atoms with Gasteiger partial charge in [0.15, 0.2) is 11.0 Å². The van der Waals surface area contributed by atoms with Crippen LogP contribution < -0.4 is 4.74 Å². The van der Waals surface area contributed by atoms with Crippen LogP contribution in [0.4, 0.5) is 0 Å². The van der Waals surface area contributed by atoms with Crippen molar-refractivity contribution in [1.29, 1.82) is 0 Å². The number of nitrogens with zero attached hydrogens (tertiary/aromatic N) is 4. The van der Waals surface area contributed by atoms with E-state index in [0.717, 1.165) is 39.3 Å². The van der Waals surface area contributed by atoms with E-state index in [0.29, 0.717) is 18.2 Å². The number of thioether (sulfide) groups is 1. The molecule has 0 fully saturated rings. The fourth-order valence-electron chi connectivity index (χ4n) is 3.28. The minimum absolute atomic E-state index is 0.526. The molecule has 0 aliphatic carbocycles. The highest BCUT2D eigenvalue weighted by Gasteiger charge is 2.17. The van der Waals surface area contributed by atoms with E-state index in [2.05, 4.69) is 15.2 Å². The average molecular weight is 445 g/mol. The second-order valence-corrected chi connectivity index (χ2v) is 7.94. The highest BCUT2D eigenvalue weighted by Crippen LogP contribution is 2.29. The predicted molar refractivity (Wildman–Crippen MR) is 121 cm³/mol. The Hall–Kier alpha value is -3.78. The first kappa shape index (κ1) is 20.1. The fraction of sp³-hybridized carbons (Fsp3) is 0.125. The molecule has 0 saturated carbocycles. The van der Waals surface area contributed by atoms with E-state index in [1.165, 1.54) is 0 Å². The number of rotatable bonds is 8. The van der Waals surface area contributed by atoms with Gasteiger partial charge in [-0.05, 0) is 48.5 Å². The Bertz CT molecular complexity index is 1280. The molecule has 32 heavy (non-hydrogen) atoms. The van der Waals surface area contributed by atoms with E-state index in [4.69, 9.17) is 13.6 Å². The molecule has 0 radical (unpaired) electrons. The largest absolute Gasteiger partial charge is 0.497 e. The number of aromatic nitrogens is 4. The second-order valence-electron chi connectivity index (χ2n) is 7.00. The van der Waals surface area contributed by atoms with Crippen LogP contribution in [-0.2, 0) is 12.3 Å². The maximum Gasteiger partial charge on any atom is 0.226 e. The maximum absolute atomic E-state index is 5.66. The third-order valence-corrected chi connectivity index (χ3v) is 5.88. The molecule has 0 atom stereocenters. The van der Waals surface area contributed by atoms with Crippen molar-refractivity contribution >= 4 is 11.8 Å². The van der Waals surface area contributed by atoms with Gasteiger partial charge in [0.1, 0.15) is 17.8 Å². The molecule has 0 N–H and O–H groups in total. The lowest BCUT2D eigenvalue weighted by Gasteiger charge is -2.09. The quantitative estimate of drug-likeness (QED) is 0.291. The third kappa shape index (κ3) is 4.31. The molecule has 0 amide bonds. The molecule has 2 aromatic carbocycles. The molecule has 5 aromatic rings. The lowest BCUT2D eigenvalue weighted by molar-refractivity contribution is 0.415. The van der Waals surface area contributed by atoms with Crippen LogP contribution in [0.2, 0.25) is 0 Å². The van der Waals surface area contributed by atoms with Gasteiger partial charge in [-0.3, -0.25) is 4.57 Å². The summed E-state index contributed by atoms with van der Waals surface area (Å²) in [4.78, 5) is 4.61. The lowest BCUT2D eigenvalue weighted by atomic mass is 10.2. The first-order valence-electron chi connectivity index (χ1n) is 10.0. The van der Waals surface area contributed by atoms with Gasteiger partial charge in [-0.25, -0.2) is 4.98 Å². The minimum atomic E-state index is 0.526. The van der Waals surface area contributed by atoms with Crippen LogP contribution in [0.5, 0.6) is 5.75 Å². The van der Waals surface area contributed by atoms with Gasteiger partial charge in [0, 0.05) is 16.9 Å². The van der Waals surface area contributed by atoms with E-state index in [1.54, 1.807) is 31.4 Å². The number of methoxy groups -OCH3 is 1. The summed E-state index contributed by atoms with van der Waals surface area (Å²) in [7, 11) is 1.65. The normalized spacial score (nSPS) is 11.0. The third-order valence-electron chi connectivity index (χ3n) is 4.88. The van der Waals surface area contributed by atoms with E-state index in [9.17, 15) is 0 Å². The summed E-state index contributed by atoms with van der Waals surface area (Å²) in [6.45, 7) is 0.526. The van der Waals surface area contributed by atoms with Crippen molar-refractivity contribution in [2.24, 2.45) is 0 Å². The molecule has 0 saturated heterocycles. The van der Waals surface area contributed by atoms with E-state index < -0.39 is 0 Å². The molecule has 5 rings (SSSR count). The van der Waals surface area contributed by atoms with Crippen molar-refractivity contribution < 1.29 is 13.6 Å². The van der Waals surface area contributed by atoms with Gasteiger partial charge in [0.25, 0.3) is 0 Å². The summed E-state index contributed by atoms with van der Waals surface area (Å²) in [5.74, 6) is 3.60. The molecule has 0 spiro atoms. The van der Waals surface area contributed by atoms with Crippen LogP contribution in [0.25, 0.3) is 22.8 Å². The first-order chi connectivity index (χ1) is 15.8. The summed E-state index contributed by atoms with van der Waals surface area (Å²) in [5, 5.41) is 9.67. The maximum atomic E-state index is 5.66. The van der Waals surface area contributed by atoms with Crippen LogP contribution in [0, 0.1) is 0 Å². The van der Waals surface area contributed by atoms with Gasteiger partial charge in [-0.2, -0.15) is 0 Å². The van der Waals surface area contributed by atoms with Gasteiger partial charge in [-0.1, -0.05) is 30.0 Å². The second kappa shape index (κ2) is 9.15. The van der Waals surface area contributed by atoms with Crippen LogP contribution in [0.1, 0.15) is 11.5 Å². The SMILES string of the molecule is COc1ccc(-c2nnc(SCc3coc(-c4ccccc4)n3)n2Cc2ccco2)cc1. The van der Waals surface area contributed by atoms with Gasteiger partial charge in [0.2, 0.25) is 5.89 Å². The zero-order valence-corrected chi connectivity index (χ0v) is 18.2. The number of ether oxygens (including phenoxy) is 1. The van der Waals surface area contributed by atoms with E-state index in [1.807, 2.05) is 71.3 Å². The lowest BCUT2D eigenvalue weighted by Crippen LogP contribution is -2.03. The Balaban J connectivity index is 1.39. The Kier molecular flexibility index (Phi) is 5.76. The van der Waals surface area contributed by atoms with E-state index in [-0.39, 0.29) is 0 Å². The van der Waals surface area contributed by atoms with Crippen LogP contribution >= 0.6 is 11.8 Å². The molecule has 160 valence electrons. The monoisotopic (exact) mass is 444 g/mol. The van der Waals surface area contributed by atoms with Crippen molar-refractivity contribution in [3.8, 4) is 28.6 Å². The van der Waals surface area contributed by atoms with Gasteiger partial charge >= 0.3 is 0 Å². The topological polar surface area (TPSA) is 79.1 Å². The number of benzene rings is 2. The number of furan rings is 1. The summed E-state index contributed by atoms with van der Waals surface area (Å²) < 4.78 is 18.5. The van der Waals surface area contributed by atoms with E-state index >= 15 is 0 Å². The zero-order valence-electron chi connectivity index (χ0n) is 17.3. The predicted octanol–water partition coefficient (Wildman–Crippen LogP) is 5.54. The summed E-state index contributed by atoms with van der Waals surface area (Å²) in [6.07, 6.45) is 3.35. The highest BCUT2D eigenvalue weighted by atomic mass is 32.2. The number of oxazole rings is 1. The Morgan fingerprint density at radius 3 is 2.50 bits per heavy atom. The average Bonchev–Trinajstić information content (AvgIpc) is 3.61. The van der Waals surface area contributed by atoms with Crippen LogP contribution in [-0.4, -0.2) is 26.9 Å². The van der Waals surface area contributed by atoms with Crippen LogP contribution in [0.3, 0.4) is 0 Å². The molecular formula is C24H20N4O3S. The Morgan fingerprint density at radius 2 is 1.75 bits per heavy atom. The molecular weight excluding hydrogens is 424 g/mol. The van der Waals surface area contributed by atoms with Gasteiger partial charge < -0.3 is 13.6 Å². The smallest absolute Gasteiger partial charge is 0.226 e. The molecule has 0 aliphatic rings. The van der Waals surface area contributed by atoms with Crippen LogP contribution in [0.15, 0.2) is 93.2 Å². The highest BCUT2D eigenvalue weighted by molar-refractivity contribution is 7.98. The summed E-state index contributed by atoms with van der Waals surface area (Å²) >= 11 is 1.55. The Morgan fingerprint density at radius 1 is 0.906 bits per heavy atom. The molecule has 0 unspecified atom stereocenters. The van der Waals surface area contributed by atoms with Crippen molar-refractivity contribution in [2.75, 3.05) is 7.11 Å². The standard InChI is InChI=1S/C24H20N4O3S/c1-29-20-11-9-17(10-12-20)22-26-27-24(28(22)14-21-8-5-13-30-21)32-16-19-15-31-23(25-19)18-6-3-2-4-7-18/h2-13,15H,14,16H2,1H3. The first-order valence-corrected chi connectivity index (χ1v) is 11.0. The molecule has 0 aliphatic heterocycles. The molecule has 3 aromatic heterocycles. The van der Waals surface area contributed by atoms with Crippen molar-refractivity contribution in [1.82, 2.24) is 19.7 Å². The molecule has 8 heteroatoms. The number of hydrogen-bond acceptors (Lipinski definition) is 7. The van der Waals surface area contributed by atoms with Gasteiger partial charge in [0.05, 0.1) is 25.6 Å². The Labute approximate surface area is 189 Å². The molecule has 7 nitrogen and oxygen atoms in total. The van der Waals surface area contributed by atoms with Crippen molar-refractivity contribution in [3.05, 3.63) is 90.7 Å².